The number of carbonyl (C=O) groups is 3. The highest BCUT2D eigenvalue weighted by Gasteiger charge is 2.37. The van der Waals surface area contributed by atoms with Crippen molar-refractivity contribution < 1.29 is 14.4 Å². The quantitative estimate of drug-likeness (QED) is 0.632. The molecular formula is C16H20N2O3. The number of hydrogen-bond donors (Lipinski definition) is 0. The minimum atomic E-state index is -1.08. The lowest BCUT2D eigenvalue weighted by Crippen LogP contribution is -2.35. The summed E-state index contributed by atoms with van der Waals surface area (Å²) in [4.78, 5) is 36.4. The largest absolute Gasteiger partial charge is 0.298 e. The van der Waals surface area contributed by atoms with Crippen molar-refractivity contribution in [3.63, 3.8) is 0 Å². The molecule has 2 aliphatic carbocycles. The second-order valence-corrected chi connectivity index (χ2v) is 6.13. The highest BCUT2D eigenvalue weighted by atomic mass is 16.2. The van der Waals surface area contributed by atoms with E-state index in [1.165, 1.54) is 12.8 Å². The Morgan fingerprint density at radius 1 is 1.14 bits per heavy atom. The van der Waals surface area contributed by atoms with E-state index in [-0.39, 0.29) is 17.3 Å². The molecule has 0 unspecified atom stereocenters. The number of aryl methyl sites for hydroxylation is 1. The van der Waals surface area contributed by atoms with Gasteiger partial charge in [0.15, 0.2) is 17.3 Å². The van der Waals surface area contributed by atoms with Gasteiger partial charge < -0.3 is 0 Å². The number of nitrogens with zero attached hydrogens (tertiary/aromatic N) is 2. The van der Waals surface area contributed by atoms with Crippen LogP contribution < -0.4 is 0 Å². The maximum absolute atomic E-state index is 12.6. The number of ketones is 3. The molecule has 1 aromatic rings. The van der Waals surface area contributed by atoms with Crippen LogP contribution in [0.5, 0.6) is 0 Å². The summed E-state index contributed by atoms with van der Waals surface area (Å²) in [6.07, 6.45) is 7.51. The molecule has 21 heavy (non-hydrogen) atoms. The third-order valence-electron chi connectivity index (χ3n) is 4.63. The Labute approximate surface area is 123 Å². The molecule has 2 saturated carbocycles. The predicted octanol–water partition coefficient (Wildman–Crippen LogP) is 2.43. The van der Waals surface area contributed by atoms with Crippen molar-refractivity contribution in [2.45, 2.75) is 57.9 Å². The highest BCUT2D eigenvalue weighted by molar-refractivity contribution is 6.25. The normalized spacial score (nSPS) is 21.2. The summed E-state index contributed by atoms with van der Waals surface area (Å²) in [5.74, 6) is -1.90. The molecule has 0 spiro atoms. The Balaban J connectivity index is 1.87. The molecule has 1 heterocycles. The van der Waals surface area contributed by atoms with E-state index in [0.29, 0.717) is 36.6 Å². The maximum atomic E-state index is 12.6. The Bertz CT molecular complexity index is 581. The smallest absolute Gasteiger partial charge is 0.184 e. The Kier molecular flexibility index (Phi) is 3.74. The zero-order chi connectivity index (χ0) is 15.0. The first kappa shape index (κ1) is 14.2. The van der Waals surface area contributed by atoms with Crippen LogP contribution in [0.2, 0.25) is 0 Å². The summed E-state index contributed by atoms with van der Waals surface area (Å²) in [7, 11) is 0. The van der Waals surface area contributed by atoms with Gasteiger partial charge in [-0.15, -0.1) is 0 Å². The van der Waals surface area contributed by atoms with Crippen LogP contribution in [0, 0.1) is 12.8 Å². The molecular weight excluding hydrogens is 268 g/mol. The van der Waals surface area contributed by atoms with E-state index in [0.717, 1.165) is 12.8 Å². The van der Waals surface area contributed by atoms with E-state index in [1.54, 1.807) is 13.1 Å². The molecule has 1 aromatic heterocycles. The SMILES string of the molecule is Cc1nn(C2CCCC2)cc1C(=O)C1C(=O)CCCC1=O. The monoisotopic (exact) mass is 288 g/mol. The number of hydrogen-bond acceptors (Lipinski definition) is 4. The summed E-state index contributed by atoms with van der Waals surface area (Å²) in [6.45, 7) is 1.77. The fourth-order valence-electron chi connectivity index (χ4n) is 3.43. The molecule has 0 amide bonds. The van der Waals surface area contributed by atoms with E-state index in [9.17, 15) is 14.4 Å². The lowest BCUT2D eigenvalue weighted by atomic mass is 9.82. The Hall–Kier alpha value is -1.78. The summed E-state index contributed by atoms with van der Waals surface area (Å²) >= 11 is 0. The molecule has 112 valence electrons. The third-order valence-corrected chi connectivity index (χ3v) is 4.63. The van der Waals surface area contributed by atoms with Crippen LogP contribution in [0.3, 0.4) is 0 Å². The van der Waals surface area contributed by atoms with Gasteiger partial charge in [0.25, 0.3) is 0 Å². The van der Waals surface area contributed by atoms with Gasteiger partial charge in [-0.1, -0.05) is 12.8 Å². The van der Waals surface area contributed by atoms with Gasteiger partial charge in [0.05, 0.1) is 17.3 Å². The molecule has 0 atom stereocenters. The highest BCUT2D eigenvalue weighted by Crippen LogP contribution is 2.30. The molecule has 0 bridgehead atoms. The lowest BCUT2D eigenvalue weighted by Gasteiger charge is -2.17. The molecule has 0 radical (unpaired) electrons. The Morgan fingerprint density at radius 2 is 1.76 bits per heavy atom. The van der Waals surface area contributed by atoms with Crippen molar-refractivity contribution >= 4 is 17.3 Å². The molecule has 2 fully saturated rings. The number of Topliss-reactive ketones (excluding diaryl/α,β-unsaturated/α-hetero) is 3. The Morgan fingerprint density at radius 3 is 2.38 bits per heavy atom. The molecule has 0 saturated heterocycles. The summed E-state index contributed by atoms with van der Waals surface area (Å²) in [6, 6.07) is 0.350. The number of carbonyl (C=O) groups excluding carboxylic acids is 3. The van der Waals surface area contributed by atoms with Gasteiger partial charge in [0, 0.05) is 19.0 Å². The second kappa shape index (κ2) is 5.54. The predicted molar refractivity (Wildman–Crippen MR) is 76.2 cm³/mol. The molecule has 0 N–H and O–H groups in total. The van der Waals surface area contributed by atoms with Gasteiger partial charge in [-0.25, -0.2) is 0 Å². The molecule has 5 heteroatoms. The first-order chi connectivity index (χ1) is 10.1. The molecule has 2 aliphatic rings. The molecule has 0 aromatic carbocycles. The van der Waals surface area contributed by atoms with Gasteiger partial charge in [-0.2, -0.15) is 5.10 Å². The van der Waals surface area contributed by atoms with Crippen LogP contribution in [0.25, 0.3) is 0 Å². The molecule has 5 nitrogen and oxygen atoms in total. The first-order valence-electron chi connectivity index (χ1n) is 7.73. The topological polar surface area (TPSA) is 69.0 Å². The lowest BCUT2D eigenvalue weighted by molar-refractivity contribution is -0.133. The van der Waals surface area contributed by atoms with Crippen LogP contribution in [-0.2, 0) is 9.59 Å². The van der Waals surface area contributed by atoms with Crippen molar-refractivity contribution in [2.75, 3.05) is 0 Å². The molecule has 3 rings (SSSR count). The van der Waals surface area contributed by atoms with Crippen LogP contribution >= 0.6 is 0 Å². The van der Waals surface area contributed by atoms with Gasteiger partial charge in [0.1, 0.15) is 5.92 Å². The van der Waals surface area contributed by atoms with Gasteiger partial charge in [-0.3, -0.25) is 19.1 Å². The molecule has 0 aliphatic heterocycles. The third kappa shape index (κ3) is 2.57. The zero-order valence-corrected chi connectivity index (χ0v) is 12.3. The summed E-state index contributed by atoms with van der Waals surface area (Å²) in [5.41, 5.74) is 1.06. The van der Waals surface area contributed by atoms with Crippen molar-refractivity contribution in [3.05, 3.63) is 17.5 Å². The van der Waals surface area contributed by atoms with E-state index in [4.69, 9.17) is 0 Å². The summed E-state index contributed by atoms with van der Waals surface area (Å²) in [5, 5.41) is 4.43. The van der Waals surface area contributed by atoms with E-state index in [1.807, 2.05) is 4.68 Å². The van der Waals surface area contributed by atoms with Crippen LogP contribution in [0.15, 0.2) is 6.20 Å². The van der Waals surface area contributed by atoms with Crippen molar-refractivity contribution in [3.8, 4) is 0 Å². The van der Waals surface area contributed by atoms with Crippen molar-refractivity contribution in [1.29, 1.82) is 0 Å². The zero-order valence-electron chi connectivity index (χ0n) is 12.3. The van der Waals surface area contributed by atoms with Crippen LogP contribution in [0.1, 0.15) is 67.0 Å². The van der Waals surface area contributed by atoms with Crippen molar-refractivity contribution in [1.82, 2.24) is 9.78 Å². The average Bonchev–Trinajstić information content (AvgIpc) is 3.07. The minimum Gasteiger partial charge on any atom is -0.298 e. The van der Waals surface area contributed by atoms with Crippen molar-refractivity contribution in [2.24, 2.45) is 5.92 Å². The first-order valence-corrected chi connectivity index (χ1v) is 7.73. The van der Waals surface area contributed by atoms with Gasteiger partial charge >= 0.3 is 0 Å². The average molecular weight is 288 g/mol. The van der Waals surface area contributed by atoms with E-state index >= 15 is 0 Å². The second-order valence-electron chi connectivity index (χ2n) is 6.13. The maximum Gasteiger partial charge on any atom is 0.184 e. The number of aromatic nitrogens is 2. The fraction of sp³-hybridized carbons (Fsp3) is 0.625. The fourth-order valence-corrected chi connectivity index (χ4v) is 3.43. The van der Waals surface area contributed by atoms with E-state index in [2.05, 4.69) is 5.10 Å². The minimum absolute atomic E-state index is 0.232. The van der Waals surface area contributed by atoms with Gasteiger partial charge in [-0.05, 0) is 26.2 Å². The standard InChI is InChI=1S/C16H20N2O3/c1-10-12(9-18(17-10)11-5-2-3-6-11)16(21)15-13(19)7-4-8-14(15)20/h9,11,15H,2-8H2,1H3. The summed E-state index contributed by atoms with van der Waals surface area (Å²) < 4.78 is 1.85. The van der Waals surface area contributed by atoms with E-state index < -0.39 is 5.92 Å². The van der Waals surface area contributed by atoms with Crippen LogP contribution in [-0.4, -0.2) is 27.1 Å². The number of rotatable bonds is 3. The van der Waals surface area contributed by atoms with Crippen LogP contribution in [0.4, 0.5) is 0 Å². The van der Waals surface area contributed by atoms with Gasteiger partial charge in [0.2, 0.25) is 0 Å².